The van der Waals surface area contributed by atoms with E-state index in [0.29, 0.717) is 10.8 Å². The molecule has 1 heterocycles. The summed E-state index contributed by atoms with van der Waals surface area (Å²) in [5, 5.41) is 0.472. The summed E-state index contributed by atoms with van der Waals surface area (Å²) in [6.07, 6.45) is 6.04. The minimum absolute atomic E-state index is 0.356. The zero-order valence-corrected chi connectivity index (χ0v) is 11.4. The van der Waals surface area contributed by atoms with Crippen LogP contribution in [0.25, 0.3) is 0 Å². The first-order valence-electron chi connectivity index (χ1n) is 6.21. The maximum absolute atomic E-state index is 6.15. The molecule has 0 fully saturated rings. The number of nitrogen functional groups attached to an aromatic ring is 1. The smallest absolute Gasteiger partial charge is 0.153 e. The van der Waals surface area contributed by atoms with Crippen molar-refractivity contribution in [1.82, 2.24) is 9.97 Å². The lowest BCUT2D eigenvalue weighted by Gasteiger charge is -2.24. The van der Waals surface area contributed by atoms with Gasteiger partial charge >= 0.3 is 0 Å². The summed E-state index contributed by atoms with van der Waals surface area (Å²) in [6.45, 7) is 6.28. The molecule has 1 rings (SSSR count). The Kier molecular flexibility index (Phi) is 6.05. The third-order valence-corrected chi connectivity index (χ3v) is 3.02. The van der Waals surface area contributed by atoms with Crippen molar-refractivity contribution in [2.45, 2.75) is 39.5 Å². The highest BCUT2D eigenvalue weighted by Gasteiger charge is 2.13. The molecule has 1 aromatic heterocycles. The molecule has 0 spiro atoms. The van der Waals surface area contributed by atoms with Crippen molar-refractivity contribution in [2.75, 3.05) is 23.7 Å². The third-order valence-electron chi connectivity index (χ3n) is 2.66. The van der Waals surface area contributed by atoms with Gasteiger partial charge in [-0.25, -0.2) is 9.97 Å². The van der Waals surface area contributed by atoms with E-state index in [9.17, 15) is 0 Å². The van der Waals surface area contributed by atoms with Gasteiger partial charge in [-0.05, 0) is 12.8 Å². The predicted octanol–water partition coefficient (Wildman–Crippen LogP) is 3.12. The quantitative estimate of drug-likeness (QED) is 0.814. The fraction of sp³-hybridized carbons (Fsp3) is 0.667. The Morgan fingerprint density at radius 1 is 1.18 bits per heavy atom. The summed E-state index contributed by atoms with van der Waals surface area (Å²) in [6, 6.07) is 0. The molecule has 0 atom stereocenters. The lowest BCUT2D eigenvalue weighted by atomic mass is 10.2. The lowest BCUT2D eigenvalue weighted by Crippen LogP contribution is -2.27. The molecule has 0 radical (unpaired) electrons. The van der Waals surface area contributed by atoms with Gasteiger partial charge < -0.3 is 10.6 Å². The topological polar surface area (TPSA) is 55.0 Å². The second-order valence-electron chi connectivity index (χ2n) is 4.09. The standard InChI is InChI=1S/C12H21ClN4/c1-3-5-7-17(8-6-4-2)12-10(13)11(14)15-9-16-12/h9H,3-8H2,1-2H3,(H2,14,15,16). The highest BCUT2D eigenvalue weighted by atomic mass is 35.5. The molecule has 1 aromatic rings. The molecule has 0 bridgehead atoms. The first-order chi connectivity index (χ1) is 8.20. The number of hydrogen-bond donors (Lipinski definition) is 1. The largest absolute Gasteiger partial charge is 0.382 e. The van der Waals surface area contributed by atoms with E-state index in [1.807, 2.05) is 0 Å². The van der Waals surface area contributed by atoms with Crippen LogP contribution >= 0.6 is 11.6 Å². The molecule has 0 saturated carbocycles. The van der Waals surface area contributed by atoms with E-state index in [4.69, 9.17) is 17.3 Å². The zero-order chi connectivity index (χ0) is 12.7. The van der Waals surface area contributed by atoms with Crippen LogP contribution in [-0.4, -0.2) is 23.1 Å². The number of hydrogen-bond acceptors (Lipinski definition) is 4. The van der Waals surface area contributed by atoms with Crippen LogP contribution in [0.2, 0.25) is 5.02 Å². The SMILES string of the molecule is CCCCN(CCCC)c1ncnc(N)c1Cl. The molecular formula is C12H21ClN4. The Bertz CT molecular complexity index is 335. The summed E-state index contributed by atoms with van der Waals surface area (Å²) >= 11 is 6.15. The van der Waals surface area contributed by atoms with Crippen LogP contribution < -0.4 is 10.6 Å². The molecule has 2 N–H and O–H groups in total. The van der Waals surface area contributed by atoms with Crippen molar-refractivity contribution in [2.24, 2.45) is 0 Å². The lowest BCUT2D eigenvalue weighted by molar-refractivity contribution is 0.671. The summed E-state index contributed by atoms with van der Waals surface area (Å²) in [5.74, 6) is 1.12. The molecule has 96 valence electrons. The van der Waals surface area contributed by atoms with Crippen molar-refractivity contribution < 1.29 is 0 Å². The van der Waals surface area contributed by atoms with Crippen molar-refractivity contribution in [3.05, 3.63) is 11.3 Å². The van der Waals surface area contributed by atoms with Crippen LogP contribution in [0.15, 0.2) is 6.33 Å². The maximum Gasteiger partial charge on any atom is 0.153 e. The van der Waals surface area contributed by atoms with Crippen molar-refractivity contribution >= 4 is 23.2 Å². The minimum Gasteiger partial charge on any atom is -0.382 e. The van der Waals surface area contributed by atoms with Gasteiger partial charge in [-0.2, -0.15) is 0 Å². The van der Waals surface area contributed by atoms with Crippen LogP contribution in [0.5, 0.6) is 0 Å². The molecule has 0 aliphatic carbocycles. The van der Waals surface area contributed by atoms with Crippen molar-refractivity contribution in [3.63, 3.8) is 0 Å². The van der Waals surface area contributed by atoms with Gasteiger partial charge in [-0.1, -0.05) is 38.3 Å². The maximum atomic E-state index is 6.15. The highest BCUT2D eigenvalue weighted by molar-refractivity contribution is 6.35. The average molecular weight is 257 g/mol. The van der Waals surface area contributed by atoms with E-state index in [-0.39, 0.29) is 0 Å². The number of nitrogens with two attached hydrogens (primary N) is 1. The zero-order valence-electron chi connectivity index (χ0n) is 10.6. The van der Waals surface area contributed by atoms with Gasteiger partial charge in [-0.3, -0.25) is 0 Å². The molecule has 0 unspecified atom stereocenters. The minimum atomic E-state index is 0.356. The second kappa shape index (κ2) is 7.33. The summed E-state index contributed by atoms with van der Waals surface area (Å²) in [7, 11) is 0. The molecule has 0 amide bonds. The third kappa shape index (κ3) is 4.04. The average Bonchev–Trinajstić information content (AvgIpc) is 2.34. The monoisotopic (exact) mass is 256 g/mol. The Balaban J connectivity index is 2.83. The molecule has 4 nitrogen and oxygen atoms in total. The van der Waals surface area contributed by atoms with Gasteiger partial charge in [0.2, 0.25) is 0 Å². The van der Waals surface area contributed by atoms with Crippen molar-refractivity contribution in [1.29, 1.82) is 0 Å². The van der Waals surface area contributed by atoms with Gasteiger partial charge in [0.15, 0.2) is 5.82 Å². The van der Waals surface area contributed by atoms with Crippen LogP contribution in [-0.2, 0) is 0 Å². The van der Waals surface area contributed by atoms with Crippen LogP contribution in [0.4, 0.5) is 11.6 Å². The summed E-state index contributed by atoms with van der Waals surface area (Å²) < 4.78 is 0. The van der Waals surface area contributed by atoms with Crippen LogP contribution in [0, 0.1) is 0 Å². The van der Waals surface area contributed by atoms with Gasteiger partial charge in [0.1, 0.15) is 17.2 Å². The molecule has 0 aliphatic rings. The number of nitrogens with zero attached hydrogens (tertiary/aromatic N) is 3. The summed E-state index contributed by atoms with van der Waals surface area (Å²) in [5.41, 5.74) is 5.71. The fourth-order valence-corrected chi connectivity index (χ4v) is 1.83. The first kappa shape index (κ1) is 14.0. The molecule has 17 heavy (non-hydrogen) atoms. The van der Waals surface area contributed by atoms with Gasteiger partial charge in [0.25, 0.3) is 0 Å². The molecule has 5 heteroatoms. The number of rotatable bonds is 7. The van der Waals surface area contributed by atoms with Crippen LogP contribution in [0.1, 0.15) is 39.5 Å². The van der Waals surface area contributed by atoms with E-state index in [1.54, 1.807) is 0 Å². The highest BCUT2D eigenvalue weighted by Crippen LogP contribution is 2.27. The van der Waals surface area contributed by atoms with E-state index in [2.05, 4.69) is 28.7 Å². The molecular weight excluding hydrogens is 236 g/mol. The van der Waals surface area contributed by atoms with Gasteiger partial charge in [0, 0.05) is 13.1 Å². The van der Waals surface area contributed by atoms with E-state index in [1.165, 1.54) is 6.33 Å². The number of unbranched alkanes of at least 4 members (excludes halogenated alkanes) is 2. The van der Waals surface area contributed by atoms with E-state index in [0.717, 1.165) is 44.6 Å². The number of halogens is 1. The first-order valence-corrected chi connectivity index (χ1v) is 6.59. The van der Waals surface area contributed by atoms with E-state index < -0.39 is 0 Å². The van der Waals surface area contributed by atoms with E-state index >= 15 is 0 Å². The number of aromatic nitrogens is 2. The van der Waals surface area contributed by atoms with Gasteiger partial charge in [0.05, 0.1) is 0 Å². The second-order valence-corrected chi connectivity index (χ2v) is 4.47. The van der Waals surface area contributed by atoms with Gasteiger partial charge in [-0.15, -0.1) is 0 Å². The molecule has 0 saturated heterocycles. The Labute approximate surface area is 108 Å². The predicted molar refractivity (Wildman–Crippen MR) is 73.5 cm³/mol. The Morgan fingerprint density at radius 2 is 1.76 bits per heavy atom. The van der Waals surface area contributed by atoms with Crippen molar-refractivity contribution in [3.8, 4) is 0 Å². The molecule has 0 aromatic carbocycles. The number of anilines is 2. The van der Waals surface area contributed by atoms with Crippen LogP contribution in [0.3, 0.4) is 0 Å². The fourth-order valence-electron chi connectivity index (χ4n) is 1.62. The molecule has 0 aliphatic heterocycles. The summed E-state index contributed by atoms with van der Waals surface area (Å²) in [4.78, 5) is 10.3. The normalized spacial score (nSPS) is 10.5. The Hall–Kier alpha value is -1.03. The Morgan fingerprint density at radius 3 is 2.29 bits per heavy atom.